The number of amides is 2. The van der Waals surface area contributed by atoms with Crippen molar-refractivity contribution < 1.29 is 23.8 Å². The van der Waals surface area contributed by atoms with Crippen molar-refractivity contribution in [2.75, 3.05) is 79.0 Å². The number of carbonyl (C=O) groups excluding carboxylic acids is 2. The van der Waals surface area contributed by atoms with Crippen LogP contribution in [0.15, 0.2) is 73.1 Å². The molecule has 1 N–H and O–H groups in total. The van der Waals surface area contributed by atoms with Gasteiger partial charge in [0.1, 0.15) is 30.3 Å². The molecular formula is C42H50N8O5. The van der Waals surface area contributed by atoms with Gasteiger partial charge in [-0.1, -0.05) is 30.3 Å². The molecule has 0 bridgehead atoms. The predicted octanol–water partition coefficient (Wildman–Crippen LogP) is 6.37. The zero-order chi connectivity index (χ0) is 38.1. The third kappa shape index (κ3) is 8.12. The molecule has 13 heteroatoms. The Morgan fingerprint density at radius 2 is 1.64 bits per heavy atom. The number of pyridine rings is 2. The molecule has 2 aromatic carbocycles. The fraction of sp³-hybridized carbons (Fsp3) is 0.429. The van der Waals surface area contributed by atoms with Crippen molar-refractivity contribution in [3.63, 3.8) is 0 Å². The number of hydrogen-bond acceptors (Lipinski definition) is 11. The minimum absolute atomic E-state index is 0.233. The smallest absolute Gasteiger partial charge is 0.415 e. The number of benzene rings is 2. The number of piperazine rings is 1. The van der Waals surface area contributed by atoms with Crippen molar-refractivity contribution in [2.24, 2.45) is 0 Å². The summed E-state index contributed by atoms with van der Waals surface area (Å²) in [6.45, 7) is 15.5. The van der Waals surface area contributed by atoms with Crippen molar-refractivity contribution in [2.45, 2.75) is 58.9 Å². The van der Waals surface area contributed by atoms with Crippen LogP contribution < -0.4 is 24.8 Å². The molecule has 2 fully saturated rings. The Hall–Kier alpha value is -5.56. The minimum atomic E-state index is -0.604. The monoisotopic (exact) mass is 746 g/mol. The van der Waals surface area contributed by atoms with Crippen LogP contribution in [0.5, 0.6) is 5.88 Å². The molecule has 55 heavy (non-hydrogen) atoms. The summed E-state index contributed by atoms with van der Waals surface area (Å²) in [6, 6.07) is 20.9. The zero-order valence-corrected chi connectivity index (χ0v) is 32.2. The molecule has 0 spiro atoms. The number of anilines is 5. The molecule has 13 nitrogen and oxygen atoms in total. The van der Waals surface area contributed by atoms with Gasteiger partial charge in [0, 0.05) is 81.5 Å². The minimum Gasteiger partial charge on any atom is -0.474 e. The molecule has 8 rings (SSSR count). The third-order valence-corrected chi connectivity index (χ3v) is 10.8. The lowest BCUT2D eigenvalue weighted by Crippen LogP contribution is -2.64. The molecule has 0 radical (unpaired) electrons. The molecule has 0 aliphatic carbocycles. The Kier molecular flexibility index (Phi) is 10.1. The standard InChI is InChI=1S/C42H50N8O5/c1-29-36(24-44-39-38(29)50(20-21-53-39)41(52)55-42(2,3)4)48-15-14-31-23-43-37(22-32(31)25-48)45-33-10-12-34(13-11-33)46-16-18-47(19-17-46)35-26-49(27-35)40(51)54-28-30-8-6-5-7-9-30/h5-13,22-24,35H,14-21,25-28H2,1-4H3,(H,43,45). The van der Waals surface area contributed by atoms with E-state index in [0.717, 1.165) is 80.6 Å². The van der Waals surface area contributed by atoms with E-state index in [0.29, 0.717) is 43.9 Å². The molecular weight excluding hydrogens is 697 g/mol. The molecule has 288 valence electrons. The molecule has 2 aromatic heterocycles. The highest BCUT2D eigenvalue weighted by atomic mass is 16.6. The zero-order valence-electron chi connectivity index (χ0n) is 32.2. The summed E-state index contributed by atoms with van der Waals surface area (Å²) < 4.78 is 17.1. The predicted molar refractivity (Wildman–Crippen MR) is 213 cm³/mol. The summed E-state index contributed by atoms with van der Waals surface area (Å²) in [6.07, 6.45) is 4.07. The first-order valence-corrected chi connectivity index (χ1v) is 19.3. The SMILES string of the molecule is Cc1c(N2CCc3cnc(Nc4ccc(N5CCN(C6CN(C(=O)OCc7ccccc7)C6)CC5)cc4)cc3C2)cnc2c1N(C(=O)OC(C)(C)C)CCO2. The first-order chi connectivity index (χ1) is 26.6. The Labute approximate surface area is 322 Å². The van der Waals surface area contributed by atoms with E-state index in [-0.39, 0.29) is 6.09 Å². The van der Waals surface area contributed by atoms with Crippen LogP contribution in [-0.2, 0) is 29.0 Å². The highest BCUT2D eigenvalue weighted by Gasteiger charge is 2.37. The van der Waals surface area contributed by atoms with E-state index in [2.05, 4.69) is 55.3 Å². The van der Waals surface area contributed by atoms with E-state index in [1.54, 1.807) is 9.80 Å². The number of nitrogens with zero attached hydrogens (tertiary/aromatic N) is 7. The maximum absolute atomic E-state index is 13.2. The molecule has 0 atom stereocenters. The summed E-state index contributed by atoms with van der Waals surface area (Å²) in [7, 11) is 0. The van der Waals surface area contributed by atoms with Gasteiger partial charge < -0.3 is 34.2 Å². The molecule has 2 saturated heterocycles. The first-order valence-electron chi connectivity index (χ1n) is 19.3. The van der Waals surface area contributed by atoms with Gasteiger partial charge in [0.25, 0.3) is 0 Å². The average molecular weight is 747 g/mol. The summed E-state index contributed by atoms with van der Waals surface area (Å²) in [5, 5.41) is 3.51. The lowest BCUT2D eigenvalue weighted by Gasteiger charge is -2.47. The lowest BCUT2D eigenvalue weighted by molar-refractivity contribution is 0.0168. The molecule has 0 unspecified atom stereocenters. The van der Waals surface area contributed by atoms with Crippen LogP contribution in [0, 0.1) is 6.92 Å². The number of carbonyl (C=O) groups is 2. The fourth-order valence-corrected chi connectivity index (χ4v) is 7.75. The van der Waals surface area contributed by atoms with Crippen LogP contribution in [-0.4, -0.2) is 103 Å². The highest BCUT2D eigenvalue weighted by Crippen LogP contribution is 2.40. The molecule has 2 amide bonds. The van der Waals surface area contributed by atoms with Crippen molar-refractivity contribution >= 4 is 40.8 Å². The van der Waals surface area contributed by atoms with Gasteiger partial charge in [0.15, 0.2) is 0 Å². The van der Waals surface area contributed by atoms with Crippen LogP contribution in [0.2, 0.25) is 0 Å². The van der Waals surface area contributed by atoms with E-state index >= 15 is 0 Å². The largest absolute Gasteiger partial charge is 0.474 e. The number of aromatic nitrogens is 2. The number of likely N-dealkylation sites (tertiary alicyclic amines) is 1. The summed E-state index contributed by atoms with van der Waals surface area (Å²) >= 11 is 0. The second-order valence-corrected chi connectivity index (χ2v) is 15.7. The van der Waals surface area contributed by atoms with Crippen molar-refractivity contribution in [3.8, 4) is 5.88 Å². The van der Waals surface area contributed by atoms with Crippen molar-refractivity contribution in [1.29, 1.82) is 0 Å². The van der Waals surface area contributed by atoms with Crippen LogP contribution >= 0.6 is 0 Å². The normalized spacial score (nSPS) is 17.5. The highest BCUT2D eigenvalue weighted by molar-refractivity contribution is 5.92. The first kappa shape index (κ1) is 36.4. The Morgan fingerprint density at radius 1 is 0.873 bits per heavy atom. The van der Waals surface area contributed by atoms with Crippen LogP contribution in [0.4, 0.5) is 38.2 Å². The average Bonchev–Trinajstić information content (AvgIpc) is 3.16. The van der Waals surface area contributed by atoms with Crippen molar-refractivity contribution in [1.82, 2.24) is 19.8 Å². The number of nitrogens with one attached hydrogen (secondary N) is 1. The Morgan fingerprint density at radius 3 is 2.38 bits per heavy atom. The second-order valence-electron chi connectivity index (χ2n) is 15.7. The van der Waals surface area contributed by atoms with Gasteiger partial charge in [-0.3, -0.25) is 9.80 Å². The maximum Gasteiger partial charge on any atom is 0.415 e. The summed E-state index contributed by atoms with van der Waals surface area (Å²) in [5.74, 6) is 1.26. The third-order valence-electron chi connectivity index (χ3n) is 10.8. The van der Waals surface area contributed by atoms with Gasteiger partial charge in [0.05, 0.1) is 18.4 Å². The van der Waals surface area contributed by atoms with Crippen LogP contribution in [0.3, 0.4) is 0 Å². The fourth-order valence-electron chi connectivity index (χ4n) is 7.75. The van der Waals surface area contributed by atoms with Gasteiger partial charge in [-0.25, -0.2) is 19.6 Å². The topological polar surface area (TPSA) is 116 Å². The molecule has 6 heterocycles. The van der Waals surface area contributed by atoms with Gasteiger partial charge in [-0.05, 0) is 81.1 Å². The Bertz CT molecular complexity index is 2010. The van der Waals surface area contributed by atoms with Gasteiger partial charge in [0.2, 0.25) is 5.88 Å². The van der Waals surface area contributed by atoms with E-state index in [4.69, 9.17) is 19.2 Å². The van der Waals surface area contributed by atoms with Crippen LogP contribution in [0.25, 0.3) is 0 Å². The van der Waals surface area contributed by atoms with Crippen LogP contribution in [0.1, 0.15) is 43.0 Å². The second kappa shape index (κ2) is 15.3. The van der Waals surface area contributed by atoms with E-state index in [1.165, 1.54) is 16.8 Å². The van der Waals surface area contributed by atoms with Gasteiger partial charge >= 0.3 is 12.2 Å². The van der Waals surface area contributed by atoms with Crippen molar-refractivity contribution in [3.05, 3.63) is 95.3 Å². The number of rotatable bonds is 7. The number of hydrogen-bond donors (Lipinski definition) is 1. The number of fused-ring (bicyclic) bond motifs is 2. The summed E-state index contributed by atoms with van der Waals surface area (Å²) in [4.78, 5) is 45.7. The van der Waals surface area contributed by atoms with E-state index < -0.39 is 11.7 Å². The lowest BCUT2D eigenvalue weighted by atomic mass is 10.0. The molecule has 4 aromatic rings. The van der Waals surface area contributed by atoms with E-state index in [1.807, 2.05) is 70.4 Å². The van der Waals surface area contributed by atoms with Gasteiger partial charge in [-0.15, -0.1) is 0 Å². The molecule has 0 saturated carbocycles. The Balaban J connectivity index is 0.841. The molecule has 4 aliphatic rings. The quantitative estimate of drug-likeness (QED) is 0.228. The molecule has 4 aliphatic heterocycles. The summed E-state index contributed by atoms with van der Waals surface area (Å²) in [5.41, 5.74) is 7.60. The maximum atomic E-state index is 13.2. The number of ether oxygens (including phenoxy) is 3. The van der Waals surface area contributed by atoms with E-state index in [9.17, 15) is 9.59 Å². The van der Waals surface area contributed by atoms with Gasteiger partial charge in [-0.2, -0.15) is 0 Å².